The number of hydrogen-bond acceptors (Lipinski definition) is 7. The monoisotopic (exact) mass is 524 g/mol. The van der Waals surface area contributed by atoms with Gasteiger partial charge in [-0.1, -0.05) is 40.6 Å². The number of aromatic nitrogens is 1. The van der Waals surface area contributed by atoms with Gasteiger partial charge in [0.25, 0.3) is 0 Å². The summed E-state index contributed by atoms with van der Waals surface area (Å²) in [7, 11) is 0. The molecule has 2 aliphatic heterocycles. The molecule has 2 aliphatic rings. The Bertz CT molecular complexity index is 1170. The van der Waals surface area contributed by atoms with Crippen molar-refractivity contribution in [3.05, 3.63) is 51.8 Å². The lowest BCUT2D eigenvalue weighted by atomic mass is 9.93. The van der Waals surface area contributed by atoms with Gasteiger partial charge < -0.3 is 20.1 Å². The average molecular weight is 525 g/mol. The number of nitrogens with one attached hydrogen (secondary N) is 1. The van der Waals surface area contributed by atoms with E-state index in [-0.39, 0.29) is 24.6 Å². The normalized spacial score (nSPS) is 20.5. The van der Waals surface area contributed by atoms with Gasteiger partial charge >= 0.3 is 0 Å². The highest BCUT2D eigenvalue weighted by molar-refractivity contribution is 7.22. The number of fused-ring (bicyclic) bond motifs is 1. The van der Waals surface area contributed by atoms with Crippen LogP contribution in [0.2, 0.25) is 10.0 Å². The highest BCUT2D eigenvalue weighted by Gasteiger charge is 2.38. The zero-order valence-electron chi connectivity index (χ0n) is 18.8. The lowest BCUT2D eigenvalue weighted by Crippen LogP contribution is -2.57. The molecule has 3 aromatic rings. The molecule has 3 heterocycles. The number of β-amino-alcohol motifs (C(OH)–C–C–N with tert-alkyl or cyclic N) is 1. The Morgan fingerprint density at radius 2 is 2.09 bits per heavy atom. The van der Waals surface area contributed by atoms with E-state index in [1.54, 1.807) is 18.2 Å². The standard InChI is InChI=1S/C24H27Cl2FN4O2S/c1-14(17-3-2-16(25)10-18(17)26)28-22-19(27)4-5-20-23(22)34-24(29-20)31-11-15(12-31)21-13-30(6-8-32)7-9-33-21/h2-5,10,14-15,21,28,32H,6-9,11-13H2,1H3/t14-,21?/m1/s1. The van der Waals surface area contributed by atoms with Crippen LogP contribution in [0.5, 0.6) is 0 Å². The molecule has 2 aromatic carbocycles. The van der Waals surface area contributed by atoms with Crippen LogP contribution in [0.15, 0.2) is 30.3 Å². The largest absolute Gasteiger partial charge is 0.395 e. The van der Waals surface area contributed by atoms with Gasteiger partial charge in [-0.15, -0.1) is 0 Å². The third kappa shape index (κ3) is 4.85. The fourth-order valence-electron chi connectivity index (χ4n) is 4.64. The lowest BCUT2D eigenvalue weighted by Gasteiger charge is -2.46. The number of aliphatic hydroxyl groups excluding tert-OH is 1. The predicted octanol–water partition coefficient (Wildman–Crippen LogP) is 5.04. The molecule has 0 saturated carbocycles. The number of anilines is 2. The molecule has 2 fully saturated rings. The molecule has 0 radical (unpaired) electrons. The zero-order chi connectivity index (χ0) is 23.8. The van der Waals surface area contributed by atoms with E-state index in [1.807, 2.05) is 13.0 Å². The van der Waals surface area contributed by atoms with Crippen LogP contribution in [0.3, 0.4) is 0 Å². The number of benzene rings is 2. The number of hydrogen-bond donors (Lipinski definition) is 2. The summed E-state index contributed by atoms with van der Waals surface area (Å²) in [4.78, 5) is 9.26. The van der Waals surface area contributed by atoms with Crippen LogP contribution in [-0.2, 0) is 4.74 Å². The van der Waals surface area contributed by atoms with Gasteiger partial charge in [-0.05, 0) is 36.8 Å². The van der Waals surface area contributed by atoms with E-state index < -0.39 is 0 Å². The number of morpholine rings is 1. The number of ether oxygens (including phenoxy) is 1. The van der Waals surface area contributed by atoms with Crippen LogP contribution in [0.4, 0.5) is 15.2 Å². The highest BCUT2D eigenvalue weighted by atomic mass is 35.5. The molecule has 0 aliphatic carbocycles. The average Bonchev–Trinajstić information content (AvgIpc) is 3.19. The smallest absolute Gasteiger partial charge is 0.186 e. The van der Waals surface area contributed by atoms with Crippen molar-refractivity contribution in [1.82, 2.24) is 9.88 Å². The lowest BCUT2D eigenvalue weighted by molar-refractivity contribution is -0.0656. The van der Waals surface area contributed by atoms with Gasteiger partial charge in [-0.25, -0.2) is 9.37 Å². The van der Waals surface area contributed by atoms with Crippen molar-refractivity contribution in [2.75, 3.05) is 56.2 Å². The SMILES string of the molecule is C[C@@H](Nc1c(F)ccc2nc(N3CC(C4CN(CCO)CCO4)C3)sc12)c1ccc(Cl)cc1Cl. The summed E-state index contributed by atoms with van der Waals surface area (Å²) in [6.07, 6.45) is 0.172. The van der Waals surface area contributed by atoms with Crippen LogP contribution in [-0.4, -0.2) is 67.0 Å². The molecule has 1 unspecified atom stereocenters. The van der Waals surface area contributed by atoms with Crippen LogP contribution >= 0.6 is 34.5 Å². The third-order valence-electron chi connectivity index (χ3n) is 6.59. The van der Waals surface area contributed by atoms with Gasteiger partial charge in [0.2, 0.25) is 0 Å². The molecule has 5 rings (SSSR count). The molecule has 10 heteroatoms. The molecule has 0 bridgehead atoms. The van der Waals surface area contributed by atoms with Crippen molar-refractivity contribution >= 4 is 55.6 Å². The second-order valence-corrected chi connectivity index (χ2v) is 10.7. The maximum absolute atomic E-state index is 14.9. The minimum atomic E-state index is -0.319. The molecule has 182 valence electrons. The van der Waals surface area contributed by atoms with Crippen molar-refractivity contribution in [2.24, 2.45) is 5.92 Å². The summed E-state index contributed by atoms with van der Waals surface area (Å²) in [6.45, 7) is 6.95. The van der Waals surface area contributed by atoms with E-state index in [4.69, 9.17) is 32.9 Å². The Labute approximate surface area is 212 Å². The Hall–Kier alpha value is -1.68. The number of rotatable bonds is 7. The molecule has 2 N–H and O–H groups in total. The first-order valence-corrected chi connectivity index (χ1v) is 13.0. The number of thiazole rings is 1. The van der Waals surface area contributed by atoms with E-state index >= 15 is 0 Å². The fourth-order valence-corrected chi connectivity index (χ4v) is 6.29. The summed E-state index contributed by atoms with van der Waals surface area (Å²) in [6, 6.07) is 8.29. The third-order valence-corrected chi connectivity index (χ3v) is 8.30. The fraction of sp³-hybridized carbons (Fsp3) is 0.458. The first kappa shape index (κ1) is 24.0. The van der Waals surface area contributed by atoms with E-state index in [0.717, 1.165) is 47.1 Å². The van der Waals surface area contributed by atoms with Crippen LogP contribution < -0.4 is 10.2 Å². The number of aliphatic hydroxyl groups is 1. The minimum absolute atomic E-state index is 0.172. The molecule has 1 aromatic heterocycles. The Morgan fingerprint density at radius 1 is 1.26 bits per heavy atom. The molecule has 34 heavy (non-hydrogen) atoms. The maximum Gasteiger partial charge on any atom is 0.186 e. The number of nitrogens with zero attached hydrogens (tertiary/aromatic N) is 3. The predicted molar refractivity (Wildman–Crippen MR) is 137 cm³/mol. The molecular formula is C24H27Cl2FN4O2S. The molecular weight excluding hydrogens is 498 g/mol. The second kappa shape index (κ2) is 10.1. The minimum Gasteiger partial charge on any atom is -0.395 e. The Morgan fingerprint density at radius 3 is 2.85 bits per heavy atom. The van der Waals surface area contributed by atoms with E-state index in [1.165, 1.54) is 17.4 Å². The van der Waals surface area contributed by atoms with Gasteiger partial charge in [-0.3, -0.25) is 4.90 Å². The second-order valence-electron chi connectivity index (χ2n) is 8.90. The molecule has 0 amide bonds. The Kier molecular flexibility index (Phi) is 7.16. The highest BCUT2D eigenvalue weighted by Crippen LogP contribution is 2.40. The first-order valence-electron chi connectivity index (χ1n) is 11.4. The van der Waals surface area contributed by atoms with Gasteiger partial charge in [-0.2, -0.15) is 0 Å². The van der Waals surface area contributed by atoms with Crippen molar-refractivity contribution in [3.8, 4) is 0 Å². The van der Waals surface area contributed by atoms with Crippen LogP contribution in [0, 0.1) is 11.7 Å². The zero-order valence-corrected chi connectivity index (χ0v) is 21.1. The summed E-state index contributed by atoms with van der Waals surface area (Å²) in [5, 5.41) is 14.5. The summed E-state index contributed by atoms with van der Waals surface area (Å²) in [5.41, 5.74) is 2.05. The van der Waals surface area contributed by atoms with Gasteiger partial charge in [0.15, 0.2) is 5.13 Å². The van der Waals surface area contributed by atoms with Crippen molar-refractivity contribution in [1.29, 1.82) is 0 Å². The van der Waals surface area contributed by atoms with Crippen LogP contribution in [0.25, 0.3) is 10.2 Å². The van der Waals surface area contributed by atoms with E-state index in [9.17, 15) is 9.50 Å². The molecule has 2 saturated heterocycles. The quantitative estimate of drug-likeness (QED) is 0.451. The summed E-state index contributed by atoms with van der Waals surface area (Å²) >= 11 is 13.9. The van der Waals surface area contributed by atoms with Gasteiger partial charge in [0.05, 0.1) is 41.3 Å². The van der Waals surface area contributed by atoms with Crippen LogP contribution in [0.1, 0.15) is 18.5 Å². The summed E-state index contributed by atoms with van der Waals surface area (Å²) in [5.74, 6) is 0.107. The van der Waals surface area contributed by atoms with Crippen molar-refractivity contribution in [2.45, 2.75) is 19.1 Å². The van der Waals surface area contributed by atoms with Gasteiger partial charge in [0.1, 0.15) is 5.82 Å². The van der Waals surface area contributed by atoms with Crippen molar-refractivity contribution < 1.29 is 14.2 Å². The molecule has 6 nitrogen and oxygen atoms in total. The first-order chi connectivity index (χ1) is 16.4. The maximum atomic E-state index is 14.9. The molecule has 0 spiro atoms. The van der Waals surface area contributed by atoms with Gasteiger partial charge in [0, 0.05) is 48.7 Å². The summed E-state index contributed by atoms with van der Waals surface area (Å²) < 4.78 is 21.7. The number of halogens is 3. The topological polar surface area (TPSA) is 60.9 Å². The molecule has 2 atom stereocenters. The van der Waals surface area contributed by atoms with E-state index in [0.29, 0.717) is 34.8 Å². The Balaban J connectivity index is 1.30. The van der Waals surface area contributed by atoms with E-state index in [2.05, 4.69) is 15.1 Å². The van der Waals surface area contributed by atoms with Crippen molar-refractivity contribution in [3.63, 3.8) is 0 Å².